The molecule has 1 atom stereocenters. The van der Waals surface area contributed by atoms with Gasteiger partial charge in [-0.15, -0.1) is 0 Å². The number of hydrogen-bond acceptors (Lipinski definition) is 3. The van der Waals surface area contributed by atoms with E-state index >= 15 is 0 Å². The molecule has 0 aliphatic carbocycles. The van der Waals surface area contributed by atoms with Gasteiger partial charge in [-0.2, -0.15) is 5.10 Å². The number of pyridine rings is 1. The Balaban J connectivity index is 1.76. The van der Waals surface area contributed by atoms with E-state index in [9.17, 15) is 0 Å². The predicted octanol–water partition coefficient (Wildman–Crippen LogP) is 3.80. The van der Waals surface area contributed by atoms with Crippen molar-refractivity contribution < 1.29 is 4.74 Å². The van der Waals surface area contributed by atoms with Crippen LogP contribution in [0.5, 0.6) is 0 Å². The molecule has 4 heteroatoms. The zero-order valence-corrected chi connectivity index (χ0v) is 11.8. The lowest BCUT2D eigenvalue weighted by molar-refractivity contribution is -0.0383. The summed E-state index contributed by atoms with van der Waals surface area (Å²) in [7, 11) is 0. The lowest BCUT2D eigenvalue weighted by Gasteiger charge is -2.24. The van der Waals surface area contributed by atoms with E-state index in [0.717, 1.165) is 41.6 Å². The number of benzene rings is 1. The summed E-state index contributed by atoms with van der Waals surface area (Å²) in [6.07, 6.45) is 7.10. The molecule has 0 amide bonds. The first-order valence-electron chi connectivity index (χ1n) is 7.42. The molecule has 21 heavy (non-hydrogen) atoms. The molecule has 1 saturated heterocycles. The van der Waals surface area contributed by atoms with Crippen LogP contribution in [0.2, 0.25) is 0 Å². The third kappa shape index (κ3) is 2.32. The van der Waals surface area contributed by atoms with E-state index in [-0.39, 0.29) is 6.23 Å². The smallest absolute Gasteiger partial charge is 0.150 e. The minimum Gasteiger partial charge on any atom is -0.356 e. The van der Waals surface area contributed by atoms with Gasteiger partial charge >= 0.3 is 0 Å². The van der Waals surface area contributed by atoms with Crippen LogP contribution < -0.4 is 0 Å². The van der Waals surface area contributed by atoms with Crippen LogP contribution in [0.3, 0.4) is 0 Å². The number of ether oxygens (including phenoxy) is 1. The van der Waals surface area contributed by atoms with Gasteiger partial charge in [0.1, 0.15) is 0 Å². The van der Waals surface area contributed by atoms with Crippen LogP contribution in [-0.2, 0) is 4.74 Å². The van der Waals surface area contributed by atoms with E-state index in [1.165, 1.54) is 6.42 Å². The maximum Gasteiger partial charge on any atom is 0.150 e. The van der Waals surface area contributed by atoms with Crippen LogP contribution in [0, 0.1) is 0 Å². The van der Waals surface area contributed by atoms with Crippen molar-refractivity contribution >= 4 is 10.9 Å². The van der Waals surface area contributed by atoms with Crippen molar-refractivity contribution in [3.63, 3.8) is 0 Å². The molecule has 1 aromatic carbocycles. The van der Waals surface area contributed by atoms with Gasteiger partial charge in [0, 0.05) is 30.0 Å². The van der Waals surface area contributed by atoms with E-state index in [1.54, 1.807) is 0 Å². The monoisotopic (exact) mass is 279 g/mol. The van der Waals surface area contributed by atoms with Gasteiger partial charge in [-0.1, -0.05) is 18.2 Å². The molecule has 0 spiro atoms. The highest BCUT2D eigenvalue weighted by Crippen LogP contribution is 2.29. The second kappa shape index (κ2) is 5.30. The SMILES string of the molecule is c1cnc2cc(-c3ccnn3C3CCCCO3)ccc2c1. The molecular weight excluding hydrogens is 262 g/mol. The van der Waals surface area contributed by atoms with Crippen molar-refractivity contribution in [1.82, 2.24) is 14.8 Å². The van der Waals surface area contributed by atoms with Gasteiger partial charge in [0.25, 0.3) is 0 Å². The summed E-state index contributed by atoms with van der Waals surface area (Å²) >= 11 is 0. The van der Waals surface area contributed by atoms with Crippen LogP contribution in [0.1, 0.15) is 25.5 Å². The van der Waals surface area contributed by atoms with Crippen LogP contribution in [0.4, 0.5) is 0 Å². The molecule has 0 N–H and O–H groups in total. The van der Waals surface area contributed by atoms with E-state index in [1.807, 2.05) is 29.2 Å². The van der Waals surface area contributed by atoms with Gasteiger partial charge in [0.2, 0.25) is 0 Å². The summed E-state index contributed by atoms with van der Waals surface area (Å²) in [5.41, 5.74) is 3.23. The summed E-state index contributed by atoms with van der Waals surface area (Å²) in [5, 5.41) is 5.62. The quantitative estimate of drug-likeness (QED) is 0.716. The molecule has 1 unspecified atom stereocenters. The van der Waals surface area contributed by atoms with Crippen molar-refractivity contribution in [2.75, 3.05) is 6.61 Å². The minimum atomic E-state index is 0.0585. The standard InChI is InChI=1S/C17H17N3O/c1-2-11-21-17(5-1)20-16(8-10-19-20)14-7-6-13-4-3-9-18-15(13)12-14/h3-4,6-10,12,17H,1-2,5,11H2. The zero-order chi connectivity index (χ0) is 14.1. The molecule has 0 bridgehead atoms. The van der Waals surface area contributed by atoms with E-state index in [2.05, 4.69) is 34.3 Å². The summed E-state index contributed by atoms with van der Waals surface area (Å²) in [4.78, 5) is 4.43. The summed E-state index contributed by atoms with van der Waals surface area (Å²) < 4.78 is 7.86. The first kappa shape index (κ1) is 12.5. The second-order valence-electron chi connectivity index (χ2n) is 5.39. The fourth-order valence-electron chi connectivity index (χ4n) is 2.91. The number of hydrogen-bond donors (Lipinski definition) is 0. The predicted molar refractivity (Wildman–Crippen MR) is 81.8 cm³/mol. The minimum absolute atomic E-state index is 0.0585. The third-order valence-electron chi connectivity index (χ3n) is 4.00. The van der Waals surface area contributed by atoms with Crippen LogP contribution in [-0.4, -0.2) is 21.4 Å². The molecule has 0 saturated carbocycles. The average Bonchev–Trinajstić information content (AvgIpc) is 3.05. The maximum absolute atomic E-state index is 5.86. The van der Waals surface area contributed by atoms with Gasteiger partial charge in [0.15, 0.2) is 6.23 Å². The van der Waals surface area contributed by atoms with Gasteiger partial charge in [0.05, 0.1) is 11.2 Å². The molecule has 1 aliphatic rings. The highest BCUT2D eigenvalue weighted by molar-refractivity contribution is 5.83. The number of fused-ring (bicyclic) bond motifs is 1. The maximum atomic E-state index is 5.86. The lowest BCUT2D eigenvalue weighted by atomic mass is 10.1. The first-order valence-corrected chi connectivity index (χ1v) is 7.42. The molecule has 1 fully saturated rings. The highest BCUT2D eigenvalue weighted by Gasteiger charge is 2.19. The molecule has 106 valence electrons. The van der Waals surface area contributed by atoms with Gasteiger partial charge in [-0.3, -0.25) is 4.98 Å². The largest absolute Gasteiger partial charge is 0.356 e. The van der Waals surface area contributed by atoms with Gasteiger partial charge in [-0.25, -0.2) is 4.68 Å². The summed E-state index contributed by atoms with van der Waals surface area (Å²) in [6, 6.07) is 12.4. The van der Waals surface area contributed by atoms with Crippen molar-refractivity contribution in [3.05, 3.63) is 48.8 Å². The van der Waals surface area contributed by atoms with Crippen molar-refractivity contribution in [2.45, 2.75) is 25.5 Å². The van der Waals surface area contributed by atoms with Crippen molar-refractivity contribution in [1.29, 1.82) is 0 Å². The van der Waals surface area contributed by atoms with E-state index in [0.29, 0.717) is 0 Å². The summed E-state index contributed by atoms with van der Waals surface area (Å²) in [6.45, 7) is 0.823. The third-order valence-corrected chi connectivity index (χ3v) is 4.00. The van der Waals surface area contributed by atoms with E-state index < -0.39 is 0 Å². The van der Waals surface area contributed by atoms with Gasteiger partial charge in [-0.05, 0) is 37.5 Å². The zero-order valence-electron chi connectivity index (χ0n) is 11.8. The van der Waals surface area contributed by atoms with Crippen molar-refractivity contribution in [3.8, 4) is 11.3 Å². The van der Waals surface area contributed by atoms with Crippen LogP contribution >= 0.6 is 0 Å². The highest BCUT2D eigenvalue weighted by atomic mass is 16.5. The second-order valence-corrected chi connectivity index (χ2v) is 5.39. The molecule has 2 aromatic heterocycles. The topological polar surface area (TPSA) is 39.9 Å². The Kier molecular flexibility index (Phi) is 3.16. The van der Waals surface area contributed by atoms with Crippen molar-refractivity contribution in [2.24, 2.45) is 0 Å². The average molecular weight is 279 g/mol. The molecule has 4 nitrogen and oxygen atoms in total. The Morgan fingerprint density at radius 2 is 2.10 bits per heavy atom. The van der Waals surface area contributed by atoms with Crippen LogP contribution in [0.15, 0.2) is 48.8 Å². The Labute approximate surface area is 123 Å². The molecule has 3 heterocycles. The Morgan fingerprint density at radius 1 is 1.10 bits per heavy atom. The normalized spacial score (nSPS) is 19.0. The van der Waals surface area contributed by atoms with Crippen LogP contribution in [0.25, 0.3) is 22.2 Å². The lowest BCUT2D eigenvalue weighted by Crippen LogP contribution is -2.19. The van der Waals surface area contributed by atoms with Gasteiger partial charge < -0.3 is 4.74 Å². The molecule has 1 aliphatic heterocycles. The molecule has 0 radical (unpaired) electrons. The molecule has 3 aromatic rings. The summed E-state index contributed by atoms with van der Waals surface area (Å²) in [5.74, 6) is 0. The fraction of sp³-hybridized carbons (Fsp3) is 0.294. The Bertz CT molecular complexity index is 759. The fourth-order valence-corrected chi connectivity index (χ4v) is 2.91. The van der Waals surface area contributed by atoms with E-state index in [4.69, 9.17) is 4.74 Å². The molecule has 4 rings (SSSR count). The number of rotatable bonds is 2. The Morgan fingerprint density at radius 3 is 3.00 bits per heavy atom. The Hall–Kier alpha value is -2.20. The number of aromatic nitrogens is 3. The number of nitrogens with zero attached hydrogens (tertiary/aromatic N) is 3. The molecular formula is C17H17N3O. The first-order chi connectivity index (χ1) is 10.4.